The van der Waals surface area contributed by atoms with Gasteiger partial charge in [0, 0.05) is 12.4 Å². The third-order valence-corrected chi connectivity index (χ3v) is 5.26. The van der Waals surface area contributed by atoms with E-state index in [1.807, 2.05) is 0 Å². The third-order valence-electron chi connectivity index (χ3n) is 3.58. The second-order valence-electron chi connectivity index (χ2n) is 4.93. The first-order valence-electron chi connectivity index (χ1n) is 6.49. The Labute approximate surface area is 132 Å². The molecule has 1 aliphatic heterocycles. The predicted octanol–water partition coefficient (Wildman–Crippen LogP) is 2.23. The number of nitrogens with zero attached hydrogens (tertiary/aromatic N) is 2. The number of fused-ring (bicyclic) bond motifs is 1. The average Bonchev–Trinajstić information content (AvgIpc) is 2.44. The molecular formula is C11H12F6N4O2S. The zero-order valence-electron chi connectivity index (χ0n) is 12.0. The third kappa shape index (κ3) is 2.80. The minimum Gasteiger partial charge on any atom is -0.369 e. The molecule has 6 nitrogen and oxygen atoms in total. The summed E-state index contributed by atoms with van der Waals surface area (Å²) in [6.07, 6.45) is -10.9. The van der Waals surface area contributed by atoms with Crippen molar-refractivity contribution in [3.63, 3.8) is 0 Å². The van der Waals surface area contributed by atoms with Crippen molar-refractivity contribution >= 4 is 15.7 Å². The minimum absolute atomic E-state index is 0.0316. The van der Waals surface area contributed by atoms with E-state index in [1.54, 1.807) is 0 Å². The molecule has 0 unspecified atom stereocenters. The van der Waals surface area contributed by atoms with E-state index < -0.39 is 45.9 Å². The van der Waals surface area contributed by atoms with Crippen molar-refractivity contribution in [2.75, 3.05) is 12.0 Å². The van der Waals surface area contributed by atoms with Crippen LogP contribution in [0, 0.1) is 0 Å². The van der Waals surface area contributed by atoms with Crippen LogP contribution >= 0.6 is 0 Å². The molecule has 0 fully saturated rings. The Morgan fingerprint density at radius 2 is 1.83 bits per heavy atom. The quantitative estimate of drug-likeness (QED) is 0.790. The van der Waals surface area contributed by atoms with E-state index in [0.29, 0.717) is 6.92 Å². The summed E-state index contributed by atoms with van der Waals surface area (Å²) in [5.74, 6) is 0. The van der Waals surface area contributed by atoms with Crippen LogP contribution in [0.3, 0.4) is 0 Å². The van der Waals surface area contributed by atoms with Gasteiger partial charge in [0.15, 0.2) is 0 Å². The molecule has 13 heteroatoms. The number of nitrogens with one attached hydrogen (secondary N) is 2. The summed E-state index contributed by atoms with van der Waals surface area (Å²) in [4.78, 5) is 2.99. The van der Waals surface area contributed by atoms with E-state index in [-0.39, 0.29) is 10.1 Å². The first-order chi connectivity index (χ1) is 10.9. The average molecular weight is 378 g/mol. The van der Waals surface area contributed by atoms with Gasteiger partial charge in [-0.05, 0) is 12.5 Å². The summed E-state index contributed by atoms with van der Waals surface area (Å²) < 4.78 is 103. The van der Waals surface area contributed by atoms with Gasteiger partial charge in [0.2, 0.25) is 5.54 Å². The molecule has 0 aliphatic carbocycles. The van der Waals surface area contributed by atoms with E-state index in [2.05, 4.69) is 10.3 Å². The number of aromatic nitrogens is 1. The molecule has 1 aromatic rings. The van der Waals surface area contributed by atoms with Gasteiger partial charge in [0.05, 0.1) is 12.4 Å². The first-order valence-corrected chi connectivity index (χ1v) is 7.93. The number of hydrazine groups is 1. The molecule has 0 amide bonds. The van der Waals surface area contributed by atoms with Gasteiger partial charge in [-0.25, -0.2) is 13.8 Å². The Kier molecular flexibility index (Phi) is 4.48. The van der Waals surface area contributed by atoms with Crippen molar-refractivity contribution in [3.05, 3.63) is 18.5 Å². The maximum atomic E-state index is 13.1. The van der Waals surface area contributed by atoms with Gasteiger partial charge in [0.25, 0.3) is 10.0 Å². The van der Waals surface area contributed by atoms with Gasteiger partial charge in [0.1, 0.15) is 4.90 Å². The fourth-order valence-corrected chi connectivity index (χ4v) is 3.53. The molecule has 0 bridgehead atoms. The molecule has 0 atom stereocenters. The van der Waals surface area contributed by atoms with Crippen LogP contribution < -0.4 is 10.7 Å². The highest BCUT2D eigenvalue weighted by atomic mass is 32.2. The van der Waals surface area contributed by atoms with Crippen LogP contribution in [0.5, 0.6) is 0 Å². The largest absolute Gasteiger partial charge is 0.416 e. The number of pyridine rings is 1. The monoisotopic (exact) mass is 378 g/mol. The number of hydrogen-bond acceptors (Lipinski definition) is 5. The van der Waals surface area contributed by atoms with Crippen LogP contribution in [0.1, 0.15) is 13.3 Å². The van der Waals surface area contributed by atoms with Gasteiger partial charge in [-0.15, -0.1) is 4.41 Å². The predicted molar refractivity (Wildman–Crippen MR) is 70.0 cm³/mol. The fraction of sp³-hybridized carbons (Fsp3) is 0.545. The second kappa shape index (κ2) is 5.74. The maximum Gasteiger partial charge on any atom is 0.416 e. The van der Waals surface area contributed by atoms with Crippen molar-refractivity contribution in [1.82, 2.24) is 14.8 Å². The molecule has 0 radical (unpaired) electrons. The summed E-state index contributed by atoms with van der Waals surface area (Å²) >= 11 is 0. The van der Waals surface area contributed by atoms with Crippen LogP contribution in [0.15, 0.2) is 23.4 Å². The second-order valence-corrected chi connectivity index (χ2v) is 6.76. The lowest BCUT2D eigenvalue weighted by atomic mass is 9.95. The normalized spacial score (nSPS) is 18.8. The molecular weight excluding hydrogens is 366 g/mol. The van der Waals surface area contributed by atoms with E-state index in [0.717, 1.165) is 11.6 Å². The number of rotatable bonds is 3. The summed E-state index contributed by atoms with van der Waals surface area (Å²) in [5, 5.41) is 2.43. The molecule has 0 saturated heterocycles. The highest BCUT2D eigenvalue weighted by molar-refractivity contribution is 7.89. The number of hydrogen-bond donors (Lipinski definition) is 2. The number of sulfonamides is 1. The van der Waals surface area contributed by atoms with Crippen molar-refractivity contribution in [2.24, 2.45) is 0 Å². The van der Waals surface area contributed by atoms with Crippen LogP contribution in [-0.4, -0.2) is 42.4 Å². The van der Waals surface area contributed by atoms with Crippen LogP contribution in [0.25, 0.3) is 0 Å². The molecule has 2 rings (SSSR count). The Balaban J connectivity index is 2.49. The zero-order chi connectivity index (χ0) is 18.4. The topological polar surface area (TPSA) is 74.3 Å². The molecule has 1 aliphatic rings. The number of alkyl halides is 6. The molecule has 0 aromatic carbocycles. The Bertz CT molecular complexity index is 704. The lowest BCUT2D eigenvalue weighted by Crippen LogP contribution is -2.71. The van der Waals surface area contributed by atoms with E-state index in [9.17, 15) is 34.8 Å². The molecule has 0 saturated carbocycles. The van der Waals surface area contributed by atoms with Gasteiger partial charge in [-0.2, -0.15) is 26.3 Å². The molecule has 2 N–H and O–H groups in total. The highest BCUT2D eigenvalue weighted by Gasteiger charge is 2.71. The Hall–Kier alpha value is -1.60. The smallest absolute Gasteiger partial charge is 0.369 e. The van der Waals surface area contributed by atoms with E-state index >= 15 is 0 Å². The van der Waals surface area contributed by atoms with Crippen LogP contribution in [0.2, 0.25) is 0 Å². The standard InChI is InChI=1S/C11H12F6N4O2S/c1-2-9(10(12,13)14,11(15,16)17)20-21-6-19-7-3-4-18-5-8(7)24(21,22)23/h3-5,19-20H,2,6H2,1H3. The van der Waals surface area contributed by atoms with Crippen molar-refractivity contribution in [2.45, 2.75) is 36.1 Å². The van der Waals surface area contributed by atoms with E-state index in [4.69, 9.17) is 0 Å². The van der Waals surface area contributed by atoms with Crippen LogP contribution in [0.4, 0.5) is 32.0 Å². The van der Waals surface area contributed by atoms with Gasteiger partial charge in [-0.3, -0.25) is 4.98 Å². The summed E-state index contributed by atoms with van der Waals surface area (Å²) in [5.41, 5.74) is -3.24. The number of halogens is 6. The van der Waals surface area contributed by atoms with Crippen molar-refractivity contribution < 1.29 is 34.8 Å². The maximum absolute atomic E-state index is 13.1. The fourth-order valence-electron chi connectivity index (χ4n) is 2.17. The van der Waals surface area contributed by atoms with Crippen LogP contribution in [-0.2, 0) is 10.0 Å². The summed E-state index contributed by atoms with van der Waals surface area (Å²) in [6.45, 7) is -0.152. The first kappa shape index (κ1) is 18.7. The molecule has 136 valence electrons. The Morgan fingerprint density at radius 1 is 1.25 bits per heavy atom. The lowest BCUT2D eigenvalue weighted by Gasteiger charge is -2.41. The molecule has 24 heavy (non-hydrogen) atoms. The summed E-state index contributed by atoms with van der Waals surface area (Å²) in [7, 11) is -4.65. The molecule has 0 spiro atoms. The highest BCUT2D eigenvalue weighted by Crippen LogP contribution is 2.46. The van der Waals surface area contributed by atoms with Gasteiger partial charge >= 0.3 is 12.4 Å². The van der Waals surface area contributed by atoms with Gasteiger partial charge < -0.3 is 5.32 Å². The SMILES string of the molecule is CCC(NN1CNc2ccncc2S1(=O)=O)(C(F)(F)F)C(F)(F)F. The van der Waals surface area contributed by atoms with E-state index in [1.165, 1.54) is 12.3 Å². The minimum atomic E-state index is -5.77. The van der Waals surface area contributed by atoms with Gasteiger partial charge in [-0.1, -0.05) is 6.92 Å². The molecule has 1 aromatic heterocycles. The zero-order valence-corrected chi connectivity index (χ0v) is 12.8. The van der Waals surface area contributed by atoms with Crippen molar-refractivity contribution in [1.29, 1.82) is 0 Å². The number of anilines is 1. The van der Waals surface area contributed by atoms with Crippen molar-refractivity contribution in [3.8, 4) is 0 Å². The Morgan fingerprint density at radius 3 is 2.33 bits per heavy atom. The lowest BCUT2D eigenvalue weighted by molar-refractivity contribution is -0.316. The molecule has 2 heterocycles. The summed E-state index contributed by atoms with van der Waals surface area (Å²) in [6, 6.07) is 1.24.